The molecule has 4 nitrogen and oxygen atoms in total. The van der Waals surface area contributed by atoms with Gasteiger partial charge < -0.3 is 5.11 Å². The van der Waals surface area contributed by atoms with Crippen LogP contribution in [0.25, 0.3) is 0 Å². The number of aliphatic hydroxyl groups is 1. The topological polar surface area (TPSA) is 66.4 Å². The first-order valence-corrected chi connectivity index (χ1v) is 10.1. The summed E-state index contributed by atoms with van der Waals surface area (Å²) in [4.78, 5) is 0. The maximum absolute atomic E-state index is 12.2. The smallest absolute Gasteiger partial charge is 0.215 e. The average molecular weight is 329 g/mol. The third-order valence-corrected chi connectivity index (χ3v) is 6.84. The van der Waals surface area contributed by atoms with Gasteiger partial charge in [0.05, 0.1) is 12.4 Å². The molecule has 1 aliphatic rings. The Morgan fingerprint density at radius 2 is 1.76 bits per heavy atom. The lowest BCUT2D eigenvalue weighted by Gasteiger charge is -2.26. The molecule has 0 saturated heterocycles. The van der Waals surface area contributed by atoms with Crippen LogP contribution >= 0.6 is 11.8 Å². The second-order valence-electron chi connectivity index (χ2n) is 5.65. The molecular weight excluding hydrogens is 306 g/mol. The number of hydrogen-bond acceptors (Lipinski definition) is 4. The Morgan fingerprint density at radius 1 is 1.19 bits per heavy atom. The van der Waals surface area contributed by atoms with Crippen molar-refractivity contribution in [2.75, 3.05) is 12.8 Å². The summed E-state index contributed by atoms with van der Waals surface area (Å²) in [7, 11) is -3.32. The van der Waals surface area contributed by atoms with Crippen molar-refractivity contribution in [1.82, 2.24) is 4.72 Å². The second kappa shape index (κ2) is 7.13. The lowest BCUT2D eigenvalue weighted by atomic mass is 10.1. The molecule has 0 unspecified atom stereocenters. The van der Waals surface area contributed by atoms with E-state index in [1.54, 1.807) is 36.0 Å². The van der Waals surface area contributed by atoms with Gasteiger partial charge in [-0.25, -0.2) is 13.1 Å². The monoisotopic (exact) mass is 329 g/mol. The molecule has 0 aromatic heterocycles. The molecule has 0 heterocycles. The van der Waals surface area contributed by atoms with Crippen molar-refractivity contribution in [3.05, 3.63) is 35.4 Å². The number of sulfonamides is 1. The van der Waals surface area contributed by atoms with Crippen molar-refractivity contribution in [1.29, 1.82) is 0 Å². The van der Waals surface area contributed by atoms with E-state index in [9.17, 15) is 8.42 Å². The van der Waals surface area contributed by atoms with Gasteiger partial charge in [-0.2, -0.15) is 11.8 Å². The van der Waals surface area contributed by atoms with Gasteiger partial charge in [0, 0.05) is 11.3 Å². The summed E-state index contributed by atoms with van der Waals surface area (Å²) in [5.74, 6) is -0.0107. The van der Waals surface area contributed by atoms with Crippen molar-refractivity contribution in [3.63, 3.8) is 0 Å². The number of aliphatic hydroxyl groups excluding tert-OH is 1. The maximum Gasteiger partial charge on any atom is 0.215 e. The molecule has 0 radical (unpaired) electrons. The summed E-state index contributed by atoms with van der Waals surface area (Å²) in [6, 6.07) is 7.02. The summed E-state index contributed by atoms with van der Waals surface area (Å²) in [6.45, 7) is 0.493. The molecule has 2 rings (SSSR count). The van der Waals surface area contributed by atoms with Crippen molar-refractivity contribution in [3.8, 4) is 0 Å². The molecule has 0 atom stereocenters. The van der Waals surface area contributed by atoms with E-state index in [0.717, 1.165) is 24.0 Å². The van der Waals surface area contributed by atoms with Crippen molar-refractivity contribution < 1.29 is 13.5 Å². The molecule has 1 aromatic rings. The van der Waals surface area contributed by atoms with Gasteiger partial charge in [0.2, 0.25) is 10.0 Å². The standard InChI is InChI=1S/C15H23NO3S2/c1-20-15(8-2-3-9-15)12-16-21(18,19)11-14-6-4-13(10-17)5-7-14/h4-7,16-17H,2-3,8-12H2,1H3. The number of nitrogens with one attached hydrogen (secondary N) is 1. The van der Waals surface area contributed by atoms with E-state index in [0.29, 0.717) is 6.54 Å². The van der Waals surface area contributed by atoms with Crippen LogP contribution in [0.5, 0.6) is 0 Å². The molecule has 1 fully saturated rings. The van der Waals surface area contributed by atoms with E-state index < -0.39 is 10.0 Å². The summed E-state index contributed by atoms with van der Waals surface area (Å²) in [5.41, 5.74) is 1.53. The second-order valence-corrected chi connectivity index (χ2v) is 8.73. The first kappa shape index (κ1) is 16.8. The molecule has 2 N–H and O–H groups in total. The van der Waals surface area contributed by atoms with Gasteiger partial charge in [-0.15, -0.1) is 0 Å². The number of rotatable bonds is 7. The van der Waals surface area contributed by atoms with Crippen LogP contribution in [0.4, 0.5) is 0 Å². The zero-order valence-corrected chi connectivity index (χ0v) is 14.0. The van der Waals surface area contributed by atoms with E-state index in [4.69, 9.17) is 5.11 Å². The summed E-state index contributed by atoms with van der Waals surface area (Å²) < 4.78 is 27.2. The highest BCUT2D eigenvalue weighted by Crippen LogP contribution is 2.39. The van der Waals surface area contributed by atoms with E-state index in [2.05, 4.69) is 11.0 Å². The molecule has 0 aliphatic heterocycles. The fourth-order valence-corrected chi connectivity index (χ4v) is 4.96. The summed E-state index contributed by atoms with van der Waals surface area (Å²) >= 11 is 1.78. The largest absolute Gasteiger partial charge is 0.392 e. The summed E-state index contributed by atoms with van der Waals surface area (Å²) in [6.07, 6.45) is 6.60. The number of thioether (sulfide) groups is 1. The van der Waals surface area contributed by atoms with Gasteiger partial charge in [-0.05, 0) is 30.2 Å². The van der Waals surface area contributed by atoms with Crippen LogP contribution in [-0.4, -0.2) is 31.1 Å². The predicted molar refractivity (Wildman–Crippen MR) is 87.7 cm³/mol. The zero-order valence-electron chi connectivity index (χ0n) is 12.3. The Labute approximate surface area is 131 Å². The average Bonchev–Trinajstić information content (AvgIpc) is 2.95. The van der Waals surface area contributed by atoms with Crippen LogP contribution in [-0.2, 0) is 22.4 Å². The molecule has 21 heavy (non-hydrogen) atoms. The molecule has 1 aromatic carbocycles. The lowest BCUT2D eigenvalue weighted by molar-refractivity contribution is 0.282. The molecule has 1 aliphatic carbocycles. The Balaban J connectivity index is 1.94. The van der Waals surface area contributed by atoms with Crippen LogP contribution in [0.15, 0.2) is 24.3 Å². The lowest BCUT2D eigenvalue weighted by Crippen LogP contribution is -2.38. The van der Waals surface area contributed by atoms with Gasteiger partial charge in [-0.3, -0.25) is 0 Å². The normalized spacial score (nSPS) is 18.0. The first-order valence-electron chi connectivity index (χ1n) is 7.20. The molecule has 1 saturated carbocycles. The molecule has 118 valence electrons. The maximum atomic E-state index is 12.2. The highest BCUT2D eigenvalue weighted by atomic mass is 32.2. The van der Waals surface area contributed by atoms with Crippen molar-refractivity contribution in [2.24, 2.45) is 0 Å². The minimum atomic E-state index is -3.32. The fourth-order valence-electron chi connectivity index (χ4n) is 2.73. The van der Waals surface area contributed by atoms with Crippen LogP contribution in [0.1, 0.15) is 36.8 Å². The predicted octanol–water partition coefficient (Wildman–Crippen LogP) is 2.27. The molecule has 6 heteroatoms. The van der Waals surface area contributed by atoms with Gasteiger partial charge in [-0.1, -0.05) is 37.1 Å². The Hall–Kier alpha value is -0.560. The van der Waals surface area contributed by atoms with Gasteiger partial charge in [0.15, 0.2) is 0 Å². The zero-order chi connectivity index (χ0) is 15.3. The van der Waals surface area contributed by atoms with E-state index in [-0.39, 0.29) is 17.1 Å². The van der Waals surface area contributed by atoms with Gasteiger partial charge in [0.1, 0.15) is 0 Å². The van der Waals surface area contributed by atoms with Gasteiger partial charge in [0.25, 0.3) is 0 Å². The molecule has 0 bridgehead atoms. The van der Waals surface area contributed by atoms with Crippen LogP contribution in [0, 0.1) is 0 Å². The van der Waals surface area contributed by atoms with Crippen molar-refractivity contribution >= 4 is 21.8 Å². The van der Waals surface area contributed by atoms with Crippen LogP contribution in [0.2, 0.25) is 0 Å². The summed E-state index contributed by atoms with van der Waals surface area (Å²) in [5, 5.41) is 8.99. The number of benzene rings is 1. The van der Waals surface area contributed by atoms with E-state index >= 15 is 0 Å². The molecule has 0 spiro atoms. The minimum Gasteiger partial charge on any atom is -0.392 e. The highest BCUT2D eigenvalue weighted by molar-refractivity contribution is 8.00. The minimum absolute atomic E-state index is 0.0107. The van der Waals surface area contributed by atoms with E-state index in [1.165, 1.54) is 12.8 Å². The Kier molecular flexibility index (Phi) is 5.71. The third kappa shape index (κ3) is 4.71. The Bertz CT molecular complexity index is 549. The van der Waals surface area contributed by atoms with Crippen LogP contribution in [0.3, 0.4) is 0 Å². The fraction of sp³-hybridized carbons (Fsp3) is 0.600. The Morgan fingerprint density at radius 3 is 2.29 bits per heavy atom. The highest BCUT2D eigenvalue weighted by Gasteiger charge is 2.33. The van der Waals surface area contributed by atoms with Crippen molar-refractivity contribution in [2.45, 2.75) is 42.8 Å². The van der Waals surface area contributed by atoms with Crippen LogP contribution < -0.4 is 4.72 Å². The quantitative estimate of drug-likeness (QED) is 0.805. The van der Waals surface area contributed by atoms with Gasteiger partial charge >= 0.3 is 0 Å². The molecule has 0 amide bonds. The first-order chi connectivity index (χ1) is 9.99. The SMILES string of the molecule is CSC1(CNS(=O)(=O)Cc2ccc(CO)cc2)CCCC1. The number of hydrogen-bond donors (Lipinski definition) is 2. The van der Waals surface area contributed by atoms with E-state index in [1.807, 2.05) is 0 Å². The third-order valence-electron chi connectivity index (χ3n) is 4.12. The molecular formula is C15H23NO3S2.